The Morgan fingerprint density at radius 2 is 1.70 bits per heavy atom. The van der Waals surface area contributed by atoms with E-state index in [1.807, 2.05) is 10.8 Å². The SMILES string of the molecule is CC(C)(C)Nc1ncc(-c2nc(N3CCOCC3)c3nc(Cl)n(CC4CCOC4)c3n2)c(C(C)(C)C)n1.O=C(O)OC(=O)O. The molecule has 0 aliphatic carbocycles. The van der Waals surface area contributed by atoms with Gasteiger partial charge in [-0.15, -0.1) is 0 Å². The van der Waals surface area contributed by atoms with E-state index in [1.54, 1.807) is 0 Å². The summed E-state index contributed by atoms with van der Waals surface area (Å²) >= 11 is 6.71. The van der Waals surface area contributed by atoms with Gasteiger partial charge >= 0.3 is 12.3 Å². The molecule has 1 atom stereocenters. The third kappa shape index (κ3) is 8.42. The number of anilines is 2. The molecule has 16 heteroatoms. The molecule has 2 fully saturated rings. The minimum absolute atomic E-state index is 0.164. The summed E-state index contributed by atoms with van der Waals surface area (Å²) in [5, 5.41) is 18.8. The number of halogens is 1. The molecule has 15 nitrogen and oxygen atoms in total. The Morgan fingerprint density at radius 3 is 2.25 bits per heavy atom. The summed E-state index contributed by atoms with van der Waals surface area (Å²) in [4.78, 5) is 45.0. The lowest BCUT2D eigenvalue weighted by Gasteiger charge is -2.28. The number of morpholine rings is 1. The van der Waals surface area contributed by atoms with Gasteiger partial charge in [-0.3, -0.25) is 4.57 Å². The molecule has 0 amide bonds. The monoisotopic (exact) mass is 634 g/mol. The predicted molar refractivity (Wildman–Crippen MR) is 163 cm³/mol. The number of imidazole rings is 1. The molecule has 2 saturated heterocycles. The van der Waals surface area contributed by atoms with Gasteiger partial charge in [0.25, 0.3) is 0 Å². The molecular weight excluding hydrogens is 596 g/mol. The highest BCUT2D eigenvalue weighted by Gasteiger charge is 2.29. The summed E-state index contributed by atoms with van der Waals surface area (Å²) in [6.45, 7) is 17.6. The summed E-state index contributed by atoms with van der Waals surface area (Å²) in [5.41, 5.74) is 2.68. The first kappa shape index (κ1) is 33.1. The minimum atomic E-state index is -1.81. The fourth-order valence-electron chi connectivity index (χ4n) is 4.81. The summed E-state index contributed by atoms with van der Waals surface area (Å²) < 4.78 is 16.3. The van der Waals surface area contributed by atoms with E-state index in [1.165, 1.54) is 0 Å². The van der Waals surface area contributed by atoms with Crippen LogP contribution in [0.1, 0.15) is 53.7 Å². The molecule has 3 aromatic rings. The summed E-state index contributed by atoms with van der Waals surface area (Å²) in [6.07, 6.45) is -0.798. The second-order valence-corrected chi connectivity index (χ2v) is 12.9. The smallest absolute Gasteiger partial charge is 0.449 e. The van der Waals surface area contributed by atoms with Crippen LogP contribution in [0.2, 0.25) is 5.28 Å². The first-order valence-electron chi connectivity index (χ1n) is 14.3. The van der Waals surface area contributed by atoms with Crippen molar-refractivity contribution in [1.82, 2.24) is 29.5 Å². The Bertz CT molecular complexity index is 1480. The molecule has 1 unspecified atom stereocenters. The van der Waals surface area contributed by atoms with E-state index in [0.29, 0.717) is 54.9 Å². The zero-order valence-corrected chi connectivity index (χ0v) is 26.5. The highest BCUT2D eigenvalue weighted by molar-refractivity contribution is 6.29. The average Bonchev–Trinajstić information content (AvgIpc) is 3.55. The Kier molecular flexibility index (Phi) is 10.1. The van der Waals surface area contributed by atoms with E-state index >= 15 is 0 Å². The molecule has 240 valence electrons. The van der Waals surface area contributed by atoms with Gasteiger partial charge in [0.2, 0.25) is 11.2 Å². The number of hydrogen-bond donors (Lipinski definition) is 3. The number of carboxylic acid groups (broad SMARTS) is 2. The van der Waals surface area contributed by atoms with Gasteiger partial charge in [0.05, 0.1) is 31.1 Å². The van der Waals surface area contributed by atoms with Gasteiger partial charge in [-0.2, -0.15) is 0 Å². The van der Waals surface area contributed by atoms with E-state index in [9.17, 15) is 9.59 Å². The van der Waals surface area contributed by atoms with Gasteiger partial charge in [0, 0.05) is 49.3 Å². The van der Waals surface area contributed by atoms with Crippen molar-refractivity contribution in [2.75, 3.05) is 49.7 Å². The average molecular weight is 635 g/mol. The number of ether oxygens (including phenoxy) is 3. The van der Waals surface area contributed by atoms with Crippen LogP contribution in [0.4, 0.5) is 21.4 Å². The molecule has 3 N–H and O–H groups in total. The van der Waals surface area contributed by atoms with Crippen molar-refractivity contribution in [3.8, 4) is 11.4 Å². The van der Waals surface area contributed by atoms with Crippen molar-refractivity contribution < 1.29 is 34.0 Å². The van der Waals surface area contributed by atoms with Crippen LogP contribution in [0, 0.1) is 5.92 Å². The van der Waals surface area contributed by atoms with E-state index in [4.69, 9.17) is 51.2 Å². The summed E-state index contributed by atoms with van der Waals surface area (Å²) in [7, 11) is 0. The minimum Gasteiger partial charge on any atom is -0.449 e. The van der Waals surface area contributed by atoms with Crippen LogP contribution in [0.15, 0.2) is 6.20 Å². The van der Waals surface area contributed by atoms with Crippen molar-refractivity contribution in [3.05, 3.63) is 17.2 Å². The first-order chi connectivity index (χ1) is 20.6. The van der Waals surface area contributed by atoms with Gasteiger partial charge in [-0.1, -0.05) is 20.8 Å². The molecular formula is C28H39ClN8O7. The molecule has 0 radical (unpaired) electrons. The number of aromatic nitrogens is 6. The standard InChI is InChI=1S/C26H37ClN8O2.C2H2O5/c1-25(2,3)19-17(13-28-24(30-19)33-26(4,5)6)20-31-21(34-8-11-36-12-9-34)18-22(32-20)35(23(27)29-18)14-16-7-10-37-15-16;3-1(4)7-2(5)6/h13,16H,7-12,14-15H2,1-6H3,(H,28,30,33);(H,3,4)(H,5,6). The van der Waals surface area contributed by atoms with Crippen molar-refractivity contribution in [1.29, 1.82) is 0 Å². The third-order valence-electron chi connectivity index (χ3n) is 6.71. The van der Waals surface area contributed by atoms with E-state index in [0.717, 1.165) is 48.8 Å². The maximum absolute atomic E-state index is 9.21. The topological polar surface area (TPSA) is 187 Å². The number of rotatable bonds is 5. The van der Waals surface area contributed by atoms with Gasteiger partial charge in [-0.05, 0) is 38.8 Å². The number of nitrogens with zero attached hydrogens (tertiary/aromatic N) is 7. The quantitative estimate of drug-likeness (QED) is 0.199. The molecule has 5 rings (SSSR count). The second-order valence-electron chi connectivity index (χ2n) is 12.6. The van der Waals surface area contributed by atoms with Crippen molar-refractivity contribution in [2.24, 2.45) is 5.92 Å². The van der Waals surface area contributed by atoms with E-state index in [-0.39, 0.29) is 11.0 Å². The van der Waals surface area contributed by atoms with Gasteiger partial charge in [0.15, 0.2) is 22.8 Å². The highest BCUT2D eigenvalue weighted by Crippen LogP contribution is 2.35. The van der Waals surface area contributed by atoms with Crippen molar-refractivity contribution in [2.45, 2.75) is 65.5 Å². The van der Waals surface area contributed by atoms with Crippen molar-refractivity contribution in [3.63, 3.8) is 0 Å². The molecule has 2 aliphatic heterocycles. The number of nitrogens with one attached hydrogen (secondary N) is 1. The molecule has 2 aliphatic rings. The second kappa shape index (κ2) is 13.4. The van der Waals surface area contributed by atoms with Gasteiger partial charge in [-0.25, -0.2) is 34.5 Å². The molecule has 44 heavy (non-hydrogen) atoms. The lowest BCUT2D eigenvalue weighted by Crippen LogP contribution is -2.37. The molecule has 0 saturated carbocycles. The number of fused-ring (bicyclic) bond motifs is 1. The lowest BCUT2D eigenvalue weighted by atomic mass is 9.88. The van der Waals surface area contributed by atoms with Crippen LogP contribution in [-0.4, -0.2) is 97.1 Å². The van der Waals surface area contributed by atoms with Gasteiger partial charge < -0.3 is 34.6 Å². The highest BCUT2D eigenvalue weighted by atomic mass is 35.5. The van der Waals surface area contributed by atoms with Crippen LogP contribution < -0.4 is 10.2 Å². The van der Waals surface area contributed by atoms with Gasteiger partial charge in [0.1, 0.15) is 0 Å². The molecule has 0 spiro atoms. The molecule has 0 bridgehead atoms. The zero-order chi connectivity index (χ0) is 32.2. The summed E-state index contributed by atoms with van der Waals surface area (Å²) in [5.74, 6) is 2.30. The Balaban J connectivity index is 0.000000566. The Labute approximate surface area is 259 Å². The van der Waals surface area contributed by atoms with Crippen LogP contribution in [0.25, 0.3) is 22.6 Å². The van der Waals surface area contributed by atoms with Crippen LogP contribution >= 0.6 is 11.6 Å². The zero-order valence-electron chi connectivity index (χ0n) is 25.8. The normalized spacial score (nSPS) is 17.2. The molecule has 5 heterocycles. The fraction of sp³-hybridized carbons (Fsp3) is 0.607. The third-order valence-corrected chi connectivity index (χ3v) is 7.00. The lowest BCUT2D eigenvalue weighted by molar-refractivity contribution is 0.0801. The molecule has 3 aromatic heterocycles. The largest absolute Gasteiger partial charge is 0.516 e. The maximum atomic E-state index is 9.21. The van der Waals surface area contributed by atoms with E-state index < -0.39 is 12.3 Å². The maximum Gasteiger partial charge on any atom is 0.516 e. The predicted octanol–water partition coefficient (Wildman–Crippen LogP) is 4.68. The van der Waals surface area contributed by atoms with Crippen LogP contribution in [-0.2, 0) is 26.2 Å². The summed E-state index contributed by atoms with van der Waals surface area (Å²) in [6, 6.07) is 0. The first-order valence-corrected chi connectivity index (χ1v) is 14.6. The van der Waals surface area contributed by atoms with Crippen molar-refractivity contribution >= 4 is 46.8 Å². The molecule has 0 aromatic carbocycles. The number of hydrogen-bond acceptors (Lipinski definition) is 12. The Hall–Kier alpha value is -3.82. The fourth-order valence-corrected chi connectivity index (χ4v) is 5.04. The van der Waals surface area contributed by atoms with Crippen LogP contribution in [0.5, 0.6) is 0 Å². The Morgan fingerprint density at radius 1 is 1.02 bits per heavy atom. The van der Waals surface area contributed by atoms with E-state index in [2.05, 4.69) is 61.5 Å². The number of carbonyl (C=O) groups is 2. The van der Waals surface area contributed by atoms with Crippen LogP contribution in [0.3, 0.4) is 0 Å².